The topological polar surface area (TPSA) is 297 Å². The number of phosphoric acid groups is 2. The van der Waals surface area contributed by atoms with E-state index in [0.717, 1.165) is 6.33 Å². The lowest BCUT2D eigenvalue weighted by Gasteiger charge is -2.31. The average molecular weight is 557 g/mol. The minimum Gasteiger partial charge on any atom is -0.756 e. The maximum absolute atomic E-state index is 12.0. The Morgan fingerprint density at radius 2 is 1.50 bits per heavy atom. The molecule has 0 aromatic carbocycles. The first-order valence-corrected chi connectivity index (χ1v) is 13.0. The summed E-state index contributed by atoms with van der Waals surface area (Å²) in [6, 6.07) is 0. The smallest absolute Gasteiger partial charge is 0.274 e. The summed E-state index contributed by atoms with van der Waals surface area (Å²) in [5.41, 5.74) is 6.04. The van der Waals surface area contributed by atoms with Gasteiger partial charge >= 0.3 is 0 Å². The summed E-state index contributed by atoms with van der Waals surface area (Å²) in [6.07, 6.45) is -10.5. The van der Waals surface area contributed by atoms with Gasteiger partial charge in [0, 0.05) is 0 Å². The Bertz CT molecular complexity index is 1180. The number of aliphatic hydroxyl groups excluding tert-OH is 5. The summed E-state index contributed by atoms with van der Waals surface area (Å²) in [6.45, 7) is -1.97. The summed E-state index contributed by atoms with van der Waals surface area (Å²) in [5.74, 6) is 0.0433. The van der Waals surface area contributed by atoms with Crippen LogP contribution in [0, 0.1) is 0 Å². The van der Waals surface area contributed by atoms with Crippen LogP contribution in [0.15, 0.2) is 12.7 Å². The first-order chi connectivity index (χ1) is 16.8. The highest BCUT2D eigenvalue weighted by Crippen LogP contribution is 2.56. The summed E-state index contributed by atoms with van der Waals surface area (Å²) in [4.78, 5) is 35.6. The van der Waals surface area contributed by atoms with Gasteiger partial charge in [-0.1, -0.05) is 0 Å². The van der Waals surface area contributed by atoms with Gasteiger partial charge in [-0.15, -0.1) is 0 Å². The molecule has 2 aromatic rings. The molecule has 4 rings (SSSR count). The molecule has 10 atom stereocenters. The van der Waals surface area contributed by atoms with Crippen molar-refractivity contribution >= 4 is 32.6 Å². The number of nitrogen functional groups attached to an aromatic ring is 1. The Hall–Kier alpha value is -1.67. The van der Waals surface area contributed by atoms with Crippen molar-refractivity contribution in [2.24, 2.45) is 0 Å². The Labute approximate surface area is 200 Å². The van der Waals surface area contributed by atoms with E-state index in [1.807, 2.05) is 0 Å². The molecule has 2 fully saturated rings. The van der Waals surface area contributed by atoms with Crippen molar-refractivity contribution in [2.45, 2.75) is 49.1 Å². The molecule has 0 amide bonds. The quantitative estimate of drug-likeness (QED) is 0.158. The van der Waals surface area contributed by atoms with Gasteiger partial charge in [0.2, 0.25) is 0 Å². The van der Waals surface area contributed by atoms with Crippen molar-refractivity contribution in [1.29, 1.82) is 0 Å². The minimum absolute atomic E-state index is 0.0433. The average Bonchev–Trinajstić information content (AvgIpc) is 3.42. The number of nitrogens with zero attached hydrogens (tertiary/aromatic N) is 4. The van der Waals surface area contributed by atoms with E-state index in [1.165, 1.54) is 10.9 Å². The molecule has 0 aliphatic carbocycles. The van der Waals surface area contributed by atoms with Gasteiger partial charge in [0.1, 0.15) is 48.5 Å². The number of hydrogen-bond donors (Lipinski definition) is 6. The van der Waals surface area contributed by atoms with Gasteiger partial charge in [-0.05, 0) is 0 Å². The number of aromatic nitrogens is 4. The van der Waals surface area contributed by atoms with E-state index in [0.29, 0.717) is 0 Å². The molecule has 2 aromatic heterocycles. The Morgan fingerprint density at radius 1 is 0.917 bits per heavy atom. The fraction of sp³-hybridized carbons (Fsp3) is 0.667. The zero-order chi connectivity index (χ0) is 26.4. The molecule has 19 nitrogen and oxygen atoms in total. The Morgan fingerprint density at radius 3 is 2.08 bits per heavy atom. The highest BCUT2D eigenvalue weighted by molar-refractivity contribution is 7.59. The van der Waals surface area contributed by atoms with E-state index in [9.17, 15) is 44.4 Å². The van der Waals surface area contributed by atoms with E-state index >= 15 is 0 Å². The zero-order valence-electron chi connectivity index (χ0n) is 17.9. The van der Waals surface area contributed by atoms with E-state index in [2.05, 4.69) is 33.0 Å². The van der Waals surface area contributed by atoms with Crippen LogP contribution in [0.2, 0.25) is 0 Å². The number of rotatable bonds is 9. The SMILES string of the molecule is Nc1ncnc2c1ncn2[C@@H]1O[C@H](COP(=O)([O-])OP(=O)([O-])OC[C@@H]2O[C@H](O)C(O)[C@@H]2O)C(O)[C@@H]1O. The number of fused-ring (bicyclic) bond motifs is 1. The van der Waals surface area contributed by atoms with Crippen LogP contribution in [0.5, 0.6) is 0 Å². The van der Waals surface area contributed by atoms with Gasteiger partial charge < -0.3 is 59.6 Å². The molecule has 0 bridgehead atoms. The van der Waals surface area contributed by atoms with E-state index in [1.54, 1.807) is 0 Å². The van der Waals surface area contributed by atoms with E-state index in [4.69, 9.17) is 10.5 Å². The largest absolute Gasteiger partial charge is 0.756 e. The highest BCUT2D eigenvalue weighted by atomic mass is 31.3. The second-order valence-corrected chi connectivity index (χ2v) is 10.7. The third-order valence-electron chi connectivity index (χ3n) is 5.33. The molecule has 0 radical (unpaired) electrons. The summed E-state index contributed by atoms with van der Waals surface area (Å²) < 4.78 is 47.9. The van der Waals surface area contributed by atoms with Crippen molar-refractivity contribution in [3.8, 4) is 0 Å². The molecule has 21 heteroatoms. The molecule has 0 spiro atoms. The lowest BCUT2D eigenvalue weighted by Crippen LogP contribution is -2.34. The molecule has 2 aliphatic rings. The van der Waals surface area contributed by atoms with Crippen molar-refractivity contribution in [2.75, 3.05) is 18.9 Å². The van der Waals surface area contributed by atoms with Crippen LogP contribution in [0.1, 0.15) is 6.23 Å². The van der Waals surface area contributed by atoms with E-state index in [-0.39, 0.29) is 17.0 Å². The van der Waals surface area contributed by atoms with Crippen LogP contribution < -0.4 is 15.5 Å². The zero-order valence-corrected chi connectivity index (χ0v) is 19.6. The maximum atomic E-state index is 12.0. The summed E-state index contributed by atoms with van der Waals surface area (Å²) in [7, 11) is -11.2. The second-order valence-electron chi connectivity index (χ2n) is 7.74. The maximum Gasteiger partial charge on any atom is 0.274 e. The first kappa shape index (κ1) is 27.4. The van der Waals surface area contributed by atoms with Gasteiger partial charge in [-0.3, -0.25) is 13.7 Å². The Kier molecular flexibility index (Phi) is 7.78. The molecule has 0 saturated carbocycles. The fourth-order valence-corrected chi connectivity index (χ4v) is 5.53. The predicted octanol–water partition coefficient (Wildman–Crippen LogP) is -4.55. The van der Waals surface area contributed by atoms with Gasteiger partial charge in [0.15, 0.2) is 24.0 Å². The lowest BCUT2D eigenvalue weighted by atomic mass is 10.1. The molecule has 36 heavy (non-hydrogen) atoms. The summed E-state index contributed by atoms with van der Waals surface area (Å²) >= 11 is 0. The molecule has 7 N–H and O–H groups in total. The number of phosphoric ester groups is 2. The molecule has 2 saturated heterocycles. The van der Waals surface area contributed by atoms with Crippen LogP contribution in [-0.2, 0) is 32.0 Å². The number of ether oxygens (including phenoxy) is 2. The van der Waals surface area contributed by atoms with Crippen LogP contribution in [0.25, 0.3) is 11.2 Å². The van der Waals surface area contributed by atoms with Crippen LogP contribution in [0.4, 0.5) is 5.82 Å². The fourth-order valence-electron chi connectivity index (χ4n) is 3.52. The molecule has 2 aliphatic heterocycles. The molecule has 202 valence electrons. The third kappa shape index (κ3) is 5.59. The van der Waals surface area contributed by atoms with Crippen LogP contribution in [0.3, 0.4) is 0 Å². The first-order valence-electron chi connectivity index (χ1n) is 10.1. The summed E-state index contributed by atoms with van der Waals surface area (Å²) in [5, 5.41) is 48.9. The normalized spacial score (nSPS) is 36.2. The second kappa shape index (κ2) is 10.2. The van der Waals surface area contributed by atoms with Crippen molar-refractivity contribution in [3.63, 3.8) is 0 Å². The monoisotopic (exact) mass is 557 g/mol. The van der Waals surface area contributed by atoms with Gasteiger partial charge in [-0.2, -0.15) is 0 Å². The minimum atomic E-state index is -5.62. The molecular formula is C15H21N5O14P2-2. The highest BCUT2D eigenvalue weighted by Gasteiger charge is 2.45. The number of nitrogens with two attached hydrogens (primary N) is 1. The van der Waals surface area contributed by atoms with Crippen molar-refractivity contribution in [3.05, 3.63) is 12.7 Å². The number of imidazole rings is 1. The number of anilines is 1. The number of aliphatic hydroxyl groups is 5. The standard InChI is InChI=1S/C15H23N5O14P2/c16-12-7-13(18-3-17-12)20(4-19-7)14-10(23)8(21)5(32-14)1-30-35(26,27)34-36(28,29)31-2-6-9(22)11(24)15(25)33-6/h3-6,8-11,14-15,21-25H,1-2H2,(H,26,27)(H,28,29)(H2,16,17,18)/p-2/t5-,6+,8?,9-,10+,11?,14-,15+/m1/s1. The van der Waals surface area contributed by atoms with Crippen LogP contribution in [-0.4, -0.2) is 101 Å². The number of hydrogen-bond acceptors (Lipinski definition) is 18. The van der Waals surface area contributed by atoms with Crippen molar-refractivity contribution < 1.29 is 67.3 Å². The van der Waals surface area contributed by atoms with Crippen LogP contribution >= 0.6 is 15.6 Å². The Balaban J connectivity index is 1.34. The van der Waals surface area contributed by atoms with Gasteiger partial charge in [0.05, 0.1) is 19.5 Å². The molecule has 4 unspecified atom stereocenters. The lowest BCUT2D eigenvalue weighted by molar-refractivity contribution is -0.247. The van der Waals surface area contributed by atoms with Gasteiger partial charge in [0.25, 0.3) is 15.6 Å². The molecular weight excluding hydrogens is 536 g/mol. The van der Waals surface area contributed by atoms with Crippen molar-refractivity contribution in [1.82, 2.24) is 19.5 Å². The van der Waals surface area contributed by atoms with E-state index < -0.39 is 78.0 Å². The predicted molar refractivity (Wildman–Crippen MR) is 107 cm³/mol. The van der Waals surface area contributed by atoms with Gasteiger partial charge in [-0.25, -0.2) is 19.3 Å². The molecule has 4 heterocycles. The third-order valence-corrected chi connectivity index (χ3v) is 7.86.